The molecule has 1 N–H and O–H groups in total. The first kappa shape index (κ1) is 32.5. The van der Waals surface area contributed by atoms with E-state index in [4.69, 9.17) is 4.84 Å². The zero-order valence-electron chi connectivity index (χ0n) is 26.6. The number of hydrogen-bond acceptors (Lipinski definition) is 8. The number of benzene rings is 1. The highest BCUT2D eigenvalue weighted by molar-refractivity contribution is 7.19. The number of para-hydroxylation sites is 1. The number of piperazine rings is 1. The molecule has 1 aromatic heterocycles. The summed E-state index contributed by atoms with van der Waals surface area (Å²) in [6.07, 6.45) is 4.88. The standard InChI is InChI=1S/C33H47N5O5S/c1-22(2)19-26-32(42)37-25(20-33(3,4)5)31(41)36(23-13-16-35(17-14-23)15-8-18-39)21-29(37)38(43-26)30(40)12-11-28-34-24-9-6-7-10-27(24)44-28/h6-7,9-12,22-23,25-26,29,39H,8,13-21H2,1-5H3/b12-11+/t25-,26+,29-/m0/s1. The summed E-state index contributed by atoms with van der Waals surface area (Å²) in [4.78, 5) is 59.0. The normalized spacial score (nSPS) is 24.2. The van der Waals surface area contributed by atoms with E-state index in [-0.39, 0.29) is 48.2 Å². The second kappa shape index (κ2) is 13.6. The number of hydrogen-bond donors (Lipinski definition) is 1. The summed E-state index contributed by atoms with van der Waals surface area (Å²) in [6, 6.07) is 7.17. The number of amides is 3. The third-order valence-corrected chi connectivity index (χ3v) is 9.65. The molecule has 3 fully saturated rings. The molecule has 1 aromatic carbocycles. The van der Waals surface area contributed by atoms with Crippen molar-refractivity contribution in [3.05, 3.63) is 35.3 Å². The molecule has 0 spiro atoms. The predicted molar refractivity (Wildman–Crippen MR) is 171 cm³/mol. The monoisotopic (exact) mass is 625 g/mol. The maximum atomic E-state index is 14.3. The molecule has 44 heavy (non-hydrogen) atoms. The van der Waals surface area contributed by atoms with Crippen molar-refractivity contribution in [2.24, 2.45) is 11.3 Å². The van der Waals surface area contributed by atoms with Crippen molar-refractivity contribution in [1.82, 2.24) is 24.7 Å². The minimum atomic E-state index is -0.845. The Labute approximate surface area is 264 Å². The average Bonchev–Trinajstić information content (AvgIpc) is 3.40. The van der Waals surface area contributed by atoms with Gasteiger partial charge in [-0.15, -0.1) is 11.3 Å². The van der Waals surface area contributed by atoms with Gasteiger partial charge in [0, 0.05) is 38.4 Å². The van der Waals surface area contributed by atoms with Gasteiger partial charge in [0.05, 0.1) is 16.8 Å². The van der Waals surface area contributed by atoms with E-state index in [1.165, 1.54) is 22.5 Å². The van der Waals surface area contributed by atoms with E-state index in [9.17, 15) is 19.5 Å². The molecule has 3 amide bonds. The Morgan fingerprint density at radius 1 is 1.16 bits per heavy atom. The number of thiazole rings is 1. The maximum Gasteiger partial charge on any atom is 0.272 e. The van der Waals surface area contributed by atoms with Gasteiger partial charge in [0.15, 0.2) is 12.3 Å². The molecule has 0 radical (unpaired) electrons. The maximum absolute atomic E-state index is 14.3. The van der Waals surface area contributed by atoms with Gasteiger partial charge in [0.25, 0.3) is 11.8 Å². The average molecular weight is 626 g/mol. The zero-order chi connectivity index (χ0) is 31.6. The summed E-state index contributed by atoms with van der Waals surface area (Å²) in [5, 5.41) is 11.3. The molecule has 0 aliphatic carbocycles. The number of fused-ring (bicyclic) bond motifs is 2. The molecule has 0 bridgehead atoms. The molecule has 3 saturated heterocycles. The van der Waals surface area contributed by atoms with Crippen LogP contribution in [0.15, 0.2) is 30.3 Å². The number of nitrogens with zero attached hydrogens (tertiary/aromatic N) is 5. The van der Waals surface area contributed by atoms with Crippen molar-refractivity contribution in [3.63, 3.8) is 0 Å². The molecule has 3 aliphatic heterocycles. The van der Waals surface area contributed by atoms with Crippen molar-refractivity contribution < 1.29 is 24.3 Å². The minimum Gasteiger partial charge on any atom is -0.396 e. The number of rotatable bonds is 9. The Balaban J connectivity index is 1.45. The molecule has 3 atom stereocenters. The number of hydroxylamine groups is 2. The van der Waals surface area contributed by atoms with E-state index in [2.05, 4.69) is 30.7 Å². The summed E-state index contributed by atoms with van der Waals surface area (Å²) >= 11 is 1.50. The van der Waals surface area contributed by atoms with Crippen LogP contribution in [0.5, 0.6) is 0 Å². The summed E-state index contributed by atoms with van der Waals surface area (Å²) in [7, 11) is 0. The van der Waals surface area contributed by atoms with Crippen LogP contribution in [0.2, 0.25) is 0 Å². The van der Waals surface area contributed by atoms with Crippen LogP contribution in [0.1, 0.15) is 71.7 Å². The minimum absolute atomic E-state index is 0.0104. The van der Waals surface area contributed by atoms with E-state index >= 15 is 0 Å². The van der Waals surface area contributed by atoms with Gasteiger partial charge in [-0.2, -0.15) is 5.06 Å². The smallest absolute Gasteiger partial charge is 0.272 e. The van der Waals surface area contributed by atoms with Crippen LogP contribution in [0.3, 0.4) is 0 Å². The molecule has 3 aliphatic rings. The molecule has 0 unspecified atom stereocenters. The van der Waals surface area contributed by atoms with Crippen LogP contribution in [0.4, 0.5) is 0 Å². The molecule has 4 heterocycles. The number of aliphatic hydroxyl groups excluding tert-OH is 1. The lowest BCUT2D eigenvalue weighted by Crippen LogP contribution is -2.74. The summed E-state index contributed by atoms with van der Waals surface area (Å²) < 4.78 is 1.04. The number of aromatic nitrogens is 1. The third-order valence-electron chi connectivity index (χ3n) is 8.64. The Bertz CT molecular complexity index is 1330. The molecule has 0 saturated carbocycles. The van der Waals surface area contributed by atoms with E-state index < -0.39 is 18.3 Å². The highest BCUT2D eigenvalue weighted by Gasteiger charge is 2.54. The van der Waals surface area contributed by atoms with Crippen LogP contribution in [-0.2, 0) is 19.2 Å². The Kier molecular flexibility index (Phi) is 10.1. The van der Waals surface area contributed by atoms with Crippen LogP contribution in [0, 0.1) is 11.3 Å². The van der Waals surface area contributed by atoms with Crippen molar-refractivity contribution in [1.29, 1.82) is 0 Å². The Morgan fingerprint density at radius 3 is 2.55 bits per heavy atom. The number of piperidine rings is 1. The lowest BCUT2D eigenvalue weighted by molar-refractivity contribution is -0.276. The van der Waals surface area contributed by atoms with Crippen molar-refractivity contribution in [3.8, 4) is 0 Å². The molecule has 2 aromatic rings. The van der Waals surface area contributed by atoms with Gasteiger partial charge < -0.3 is 19.8 Å². The van der Waals surface area contributed by atoms with Crippen LogP contribution < -0.4 is 0 Å². The van der Waals surface area contributed by atoms with Crippen LogP contribution in [-0.4, -0.2) is 105 Å². The largest absolute Gasteiger partial charge is 0.396 e. The quantitative estimate of drug-likeness (QED) is 0.418. The fraction of sp³-hybridized carbons (Fsp3) is 0.636. The van der Waals surface area contributed by atoms with E-state index in [1.807, 2.05) is 43.0 Å². The first-order valence-electron chi connectivity index (χ1n) is 15.9. The fourth-order valence-corrected chi connectivity index (χ4v) is 7.44. The molecule has 10 nitrogen and oxygen atoms in total. The van der Waals surface area contributed by atoms with Gasteiger partial charge in [-0.1, -0.05) is 46.8 Å². The van der Waals surface area contributed by atoms with Gasteiger partial charge in [-0.3, -0.25) is 19.2 Å². The predicted octanol–water partition coefficient (Wildman–Crippen LogP) is 4.15. The SMILES string of the molecule is CC(C)C[C@H]1ON(C(=O)/C=C/c2nc3ccccc3s2)[C@H]2CN(C3CCN(CCCO)CC3)C(=O)[C@H](CC(C)(C)C)N2C1=O. The lowest BCUT2D eigenvalue weighted by Gasteiger charge is -2.55. The van der Waals surface area contributed by atoms with Gasteiger partial charge in [0.2, 0.25) is 5.91 Å². The first-order valence-corrected chi connectivity index (χ1v) is 16.8. The second-order valence-electron chi connectivity index (χ2n) is 13.9. The highest BCUT2D eigenvalue weighted by atomic mass is 32.1. The fourth-order valence-electron chi connectivity index (χ4n) is 6.57. The van der Waals surface area contributed by atoms with Gasteiger partial charge >= 0.3 is 0 Å². The van der Waals surface area contributed by atoms with Gasteiger partial charge in [-0.05, 0) is 61.6 Å². The van der Waals surface area contributed by atoms with E-state index in [0.717, 1.165) is 49.1 Å². The molecule has 240 valence electrons. The van der Waals surface area contributed by atoms with Crippen molar-refractivity contribution in [2.45, 2.75) is 91.1 Å². The van der Waals surface area contributed by atoms with E-state index in [0.29, 0.717) is 17.8 Å². The molecule has 11 heteroatoms. The van der Waals surface area contributed by atoms with Crippen molar-refractivity contribution in [2.75, 3.05) is 32.8 Å². The Morgan fingerprint density at radius 2 is 1.89 bits per heavy atom. The van der Waals surface area contributed by atoms with Crippen molar-refractivity contribution >= 4 is 45.4 Å². The lowest BCUT2D eigenvalue weighted by atomic mass is 9.84. The number of carbonyl (C=O) groups is 3. The summed E-state index contributed by atoms with van der Waals surface area (Å²) in [5.41, 5.74) is 0.649. The summed E-state index contributed by atoms with van der Waals surface area (Å²) in [6.45, 7) is 13.2. The number of likely N-dealkylation sites (tertiary alicyclic amines) is 1. The molecule has 5 rings (SSSR count). The first-order chi connectivity index (χ1) is 20.9. The molecular weight excluding hydrogens is 578 g/mol. The topological polar surface area (TPSA) is 107 Å². The van der Waals surface area contributed by atoms with Gasteiger partial charge in [0.1, 0.15) is 11.0 Å². The number of aliphatic hydroxyl groups is 1. The van der Waals surface area contributed by atoms with Crippen LogP contribution >= 0.6 is 11.3 Å². The highest BCUT2D eigenvalue weighted by Crippen LogP contribution is 2.36. The van der Waals surface area contributed by atoms with Crippen LogP contribution in [0.25, 0.3) is 16.3 Å². The number of carbonyl (C=O) groups excluding carboxylic acids is 3. The van der Waals surface area contributed by atoms with E-state index in [1.54, 1.807) is 11.0 Å². The zero-order valence-corrected chi connectivity index (χ0v) is 27.5. The third kappa shape index (κ3) is 7.33. The second-order valence-corrected chi connectivity index (χ2v) is 15.0. The van der Waals surface area contributed by atoms with Gasteiger partial charge in [-0.25, -0.2) is 4.98 Å². The molecular formula is C33H47N5O5S. The Hall–Kier alpha value is -2.86. The summed E-state index contributed by atoms with van der Waals surface area (Å²) in [5.74, 6) is -0.474.